The lowest BCUT2D eigenvalue weighted by Gasteiger charge is -2.39. The minimum absolute atomic E-state index is 0.0531. The summed E-state index contributed by atoms with van der Waals surface area (Å²) in [7, 11) is 0. The second-order valence-corrected chi connectivity index (χ2v) is 12.6. The molecule has 3 unspecified atom stereocenters. The van der Waals surface area contributed by atoms with Crippen molar-refractivity contribution in [1.82, 2.24) is 5.01 Å². The van der Waals surface area contributed by atoms with Gasteiger partial charge in [0.2, 0.25) is 0 Å². The molecule has 0 saturated carbocycles. The number of phenolic OH excluding ortho intramolecular Hbond substituents is 8. The summed E-state index contributed by atoms with van der Waals surface area (Å²) in [5, 5.41) is 82.9. The maximum atomic E-state index is 13.5. The molecule has 1 heterocycles. The Morgan fingerprint density at radius 3 is 1.72 bits per heavy atom. The first-order chi connectivity index (χ1) is 27.8. The van der Waals surface area contributed by atoms with Crippen molar-refractivity contribution in [1.29, 1.82) is 0 Å². The molecular weight excluding hydrogens is 772 g/mol. The summed E-state index contributed by atoms with van der Waals surface area (Å²) < 4.78 is 45.0. The van der Waals surface area contributed by atoms with Crippen molar-refractivity contribution in [2.24, 2.45) is 17.3 Å². The number of fused-ring (bicyclic) bond motifs is 1. The molecule has 0 amide bonds. The zero-order valence-electron chi connectivity index (χ0n) is 31.4. The molecule has 0 bridgehead atoms. The molecule has 1 aliphatic heterocycles. The lowest BCUT2D eigenvalue weighted by molar-refractivity contribution is -0.106. The van der Waals surface area contributed by atoms with E-state index in [0.29, 0.717) is 59.4 Å². The summed E-state index contributed by atoms with van der Waals surface area (Å²) in [6.07, 6.45) is -3.22. The number of esters is 1. The molecule has 1 aliphatic rings. The van der Waals surface area contributed by atoms with Crippen molar-refractivity contribution in [2.45, 2.75) is 18.3 Å². The van der Waals surface area contributed by atoms with Crippen LogP contribution in [0.4, 0.5) is 0 Å². The third-order valence-electron chi connectivity index (χ3n) is 8.21. The molecule has 0 fully saturated rings. The maximum absolute atomic E-state index is 13.5. The lowest BCUT2D eigenvalue weighted by atomic mass is 9.90. The molecule has 14 N–H and O–H groups in total. The second kappa shape index (κ2) is 22.3. The van der Waals surface area contributed by atoms with Crippen molar-refractivity contribution in [3.63, 3.8) is 0 Å². The van der Waals surface area contributed by atoms with Gasteiger partial charge in [-0.25, -0.2) is 10.6 Å². The average Bonchev–Trinajstić information content (AvgIpc) is 3.17. The van der Waals surface area contributed by atoms with Crippen LogP contribution in [-0.4, -0.2) is 144 Å². The Morgan fingerprint density at radius 2 is 1.19 bits per heavy atom. The summed E-state index contributed by atoms with van der Waals surface area (Å²) >= 11 is 0. The van der Waals surface area contributed by atoms with E-state index in [9.17, 15) is 45.6 Å². The fourth-order valence-corrected chi connectivity index (χ4v) is 5.51. The largest absolute Gasteiger partial charge is 0.508 e. The van der Waals surface area contributed by atoms with Gasteiger partial charge in [-0.15, -0.1) is 0 Å². The summed E-state index contributed by atoms with van der Waals surface area (Å²) in [6, 6.07) is 5.77. The van der Waals surface area contributed by atoms with Gasteiger partial charge >= 0.3 is 5.97 Å². The summed E-state index contributed by atoms with van der Waals surface area (Å²) in [4.78, 5) is 13.5. The fourth-order valence-electron chi connectivity index (χ4n) is 5.51. The number of aromatic hydroxyl groups is 8. The van der Waals surface area contributed by atoms with Crippen LogP contribution in [0, 0.1) is 0 Å². The minimum atomic E-state index is -1.62. The molecule has 3 atom stereocenters. The maximum Gasteiger partial charge on any atom is 0.338 e. The highest BCUT2D eigenvalue weighted by atomic mass is 16.6. The quantitative estimate of drug-likeness (QED) is 0.0195. The lowest BCUT2D eigenvalue weighted by Crippen LogP contribution is -2.40. The number of benzene rings is 3. The number of carbonyl (C=O) groups is 1. The Balaban J connectivity index is 1.38. The molecule has 0 spiro atoms. The Kier molecular flexibility index (Phi) is 17.3. The van der Waals surface area contributed by atoms with Crippen LogP contribution in [0.2, 0.25) is 0 Å². The van der Waals surface area contributed by atoms with E-state index in [0.717, 1.165) is 36.4 Å². The van der Waals surface area contributed by atoms with E-state index in [4.69, 9.17) is 55.2 Å². The van der Waals surface area contributed by atoms with Crippen LogP contribution >= 0.6 is 0 Å². The fraction of sp³-hybridized carbons (Fsp3) is 0.432. The number of hydrogen-bond acceptors (Lipinski definition) is 21. The first-order valence-corrected chi connectivity index (χ1v) is 17.9. The predicted molar refractivity (Wildman–Crippen MR) is 200 cm³/mol. The Morgan fingerprint density at radius 1 is 0.690 bits per heavy atom. The van der Waals surface area contributed by atoms with Crippen molar-refractivity contribution >= 4 is 5.97 Å². The molecule has 21 nitrogen and oxygen atoms in total. The highest BCUT2D eigenvalue weighted by Gasteiger charge is 2.45. The smallest absolute Gasteiger partial charge is 0.338 e. The third-order valence-corrected chi connectivity index (χ3v) is 8.21. The Bertz CT molecular complexity index is 1780. The van der Waals surface area contributed by atoms with Gasteiger partial charge in [0.1, 0.15) is 23.4 Å². The molecule has 21 heteroatoms. The number of carbonyl (C=O) groups excluding carboxylic acids is 1. The summed E-state index contributed by atoms with van der Waals surface area (Å²) in [5.41, 5.74) is 11.0. The number of nitrogens with zero attached hydrogens (tertiary/aromatic N) is 1. The van der Waals surface area contributed by atoms with Crippen LogP contribution in [0.3, 0.4) is 0 Å². The molecule has 3 aromatic rings. The Labute approximate surface area is 332 Å². The number of nitrogens with two attached hydrogens (primary N) is 3. The van der Waals surface area contributed by atoms with Crippen molar-refractivity contribution in [3.05, 3.63) is 65.0 Å². The number of rotatable bonds is 24. The van der Waals surface area contributed by atoms with Crippen molar-refractivity contribution in [2.75, 3.05) is 85.8 Å². The van der Waals surface area contributed by atoms with Crippen molar-refractivity contribution < 1.29 is 83.5 Å². The van der Waals surface area contributed by atoms with E-state index in [2.05, 4.69) is 0 Å². The molecule has 3 aromatic carbocycles. The molecule has 0 saturated heterocycles. The van der Waals surface area contributed by atoms with E-state index in [1.54, 1.807) is 0 Å². The van der Waals surface area contributed by atoms with E-state index >= 15 is 0 Å². The molecule has 0 radical (unpaired) electrons. The van der Waals surface area contributed by atoms with Gasteiger partial charge in [-0.2, -0.15) is 0 Å². The molecule has 0 aliphatic carbocycles. The first kappa shape index (κ1) is 45.1. The second-order valence-electron chi connectivity index (χ2n) is 12.6. The molecule has 0 aromatic heterocycles. The van der Waals surface area contributed by atoms with Crippen LogP contribution in [0.15, 0.2) is 48.3 Å². The standard InChI is InChI=1S/C37H50N4O17/c38-1-3-51-5-7-53-9-11-55-12-10-54-8-6-52-4-2-41(40)19-23(39)20-56-35-31-25(43)17-24(42)18-30(31)57-34(21-13-26(44)32(48)27(45)14-21)36(35)58-37(50)22-15-28(46)33(49)29(47)16-22/h13-19,34-36,42-49H,1-12,20,38-40H2/b23-19-. The number of phenols is 8. The van der Waals surface area contributed by atoms with Crippen LogP contribution in [0.5, 0.6) is 51.7 Å². The average molecular weight is 823 g/mol. The molecule has 320 valence electrons. The van der Waals surface area contributed by atoms with E-state index in [-0.39, 0.29) is 42.3 Å². The normalized spacial score (nSPS) is 16.4. The third kappa shape index (κ3) is 12.9. The van der Waals surface area contributed by atoms with Crippen LogP contribution in [-0.2, 0) is 33.2 Å². The van der Waals surface area contributed by atoms with Gasteiger partial charge < -0.3 is 95.2 Å². The van der Waals surface area contributed by atoms with E-state index in [1.165, 1.54) is 11.2 Å². The van der Waals surface area contributed by atoms with Gasteiger partial charge in [-0.05, 0) is 24.3 Å². The van der Waals surface area contributed by atoms with Gasteiger partial charge in [-0.1, -0.05) is 0 Å². The molecule has 4 rings (SSSR count). The SMILES string of the molecule is NCCOCCOCCOCCOCCOCCN(N)/C=C(\N)COC1c2c(O)cc(O)cc2OC(c2cc(O)c(O)c(O)c2)C1OC(=O)c1cc(O)c(O)c(O)c1. The number of hydrazine groups is 1. The minimum Gasteiger partial charge on any atom is -0.508 e. The van der Waals surface area contributed by atoms with Crippen LogP contribution < -0.4 is 22.0 Å². The number of hydrogen-bond donors (Lipinski definition) is 11. The van der Waals surface area contributed by atoms with Gasteiger partial charge in [0.05, 0.1) is 96.0 Å². The van der Waals surface area contributed by atoms with Crippen molar-refractivity contribution in [3.8, 4) is 51.7 Å². The zero-order chi connectivity index (χ0) is 42.2. The van der Waals surface area contributed by atoms with E-state index in [1.807, 2.05) is 0 Å². The predicted octanol–water partition coefficient (Wildman–Crippen LogP) is 0.766. The van der Waals surface area contributed by atoms with Gasteiger partial charge in [0.25, 0.3) is 0 Å². The van der Waals surface area contributed by atoms with Crippen LogP contribution in [0.25, 0.3) is 0 Å². The zero-order valence-corrected chi connectivity index (χ0v) is 31.4. The van der Waals surface area contributed by atoms with Gasteiger partial charge in [0.15, 0.2) is 46.7 Å². The topological polar surface area (TPSA) is 334 Å². The molecular formula is C37H50N4O17. The first-order valence-electron chi connectivity index (χ1n) is 17.9. The highest BCUT2D eigenvalue weighted by Crippen LogP contribution is 2.51. The highest BCUT2D eigenvalue weighted by molar-refractivity contribution is 5.91. The summed E-state index contributed by atoms with van der Waals surface area (Å²) in [5.74, 6) is -1.19. The Hall–Kier alpha value is -5.65. The van der Waals surface area contributed by atoms with E-state index < -0.39 is 82.4 Å². The molecule has 58 heavy (non-hydrogen) atoms. The van der Waals surface area contributed by atoms with Crippen LogP contribution in [0.1, 0.15) is 33.7 Å². The monoisotopic (exact) mass is 822 g/mol. The van der Waals surface area contributed by atoms with Gasteiger partial charge in [0, 0.05) is 30.4 Å². The summed E-state index contributed by atoms with van der Waals surface area (Å²) in [6.45, 7) is 4.11. The number of ether oxygens (including phenoxy) is 8. The van der Waals surface area contributed by atoms with Gasteiger partial charge in [-0.3, -0.25) is 0 Å².